The Labute approximate surface area is 156 Å². The van der Waals surface area contributed by atoms with Crippen molar-refractivity contribution < 1.29 is 18.9 Å². The van der Waals surface area contributed by atoms with Crippen LogP contribution in [0, 0.1) is 0 Å². The molecule has 3 rings (SSSR count). The van der Waals surface area contributed by atoms with Gasteiger partial charge < -0.3 is 18.9 Å². The third-order valence-corrected chi connectivity index (χ3v) is 4.77. The van der Waals surface area contributed by atoms with Gasteiger partial charge in [-0.1, -0.05) is 36.4 Å². The van der Waals surface area contributed by atoms with Gasteiger partial charge in [0.15, 0.2) is 17.8 Å². The molecule has 1 saturated heterocycles. The van der Waals surface area contributed by atoms with Crippen molar-refractivity contribution in [3.63, 3.8) is 0 Å². The van der Waals surface area contributed by atoms with Gasteiger partial charge in [-0.3, -0.25) is 0 Å². The van der Waals surface area contributed by atoms with E-state index in [9.17, 15) is 0 Å². The molecule has 0 aromatic heterocycles. The van der Waals surface area contributed by atoms with Crippen LogP contribution < -0.4 is 9.47 Å². The van der Waals surface area contributed by atoms with Gasteiger partial charge in [-0.25, -0.2) is 0 Å². The normalized spacial score (nSPS) is 14.5. The van der Waals surface area contributed by atoms with Gasteiger partial charge in [0.1, 0.15) is 6.61 Å². The van der Waals surface area contributed by atoms with E-state index < -0.39 is 6.29 Å². The van der Waals surface area contributed by atoms with Crippen LogP contribution in [0.15, 0.2) is 53.5 Å². The van der Waals surface area contributed by atoms with Crippen LogP contribution in [0.2, 0.25) is 0 Å². The molecule has 0 bridgehead atoms. The van der Waals surface area contributed by atoms with Crippen LogP contribution in [0.5, 0.6) is 11.5 Å². The molecule has 25 heavy (non-hydrogen) atoms. The van der Waals surface area contributed by atoms with E-state index in [0.29, 0.717) is 37.7 Å². The number of benzene rings is 2. The van der Waals surface area contributed by atoms with E-state index >= 15 is 0 Å². The largest absolute Gasteiger partial charge is 0.492 e. The minimum atomic E-state index is -0.394. The molecular weight excluding hydrogens is 384 g/mol. The first-order valence-electron chi connectivity index (χ1n) is 8.14. The second kappa shape index (κ2) is 8.52. The molecular formula is C20H21BrO4. The summed E-state index contributed by atoms with van der Waals surface area (Å²) in [5.41, 5.74) is 2.98. The van der Waals surface area contributed by atoms with E-state index in [2.05, 4.69) is 22.5 Å². The van der Waals surface area contributed by atoms with Gasteiger partial charge in [0.25, 0.3) is 0 Å². The van der Waals surface area contributed by atoms with Gasteiger partial charge in [-0.05, 0) is 34.0 Å². The Kier molecular flexibility index (Phi) is 6.13. The molecule has 5 heteroatoms. The molecule has 2 aromatic carbocycles. The summed E-state index contributed by atoms with van der Waals surface area (Å²) >= 11 is 3.62. The third kappa shape index (κ3) is 4.06. The first kappa shape index (κ1) is 18.0. The molecule has 0 amide bonds. The summed E-state index contributed by atoms with van der Waals surface area (Å²) in [6.45, 7) is 5.48. The molecule has 4 nitrogen and oxygen atoms in total. The number of hydrogen-bond donors (Lipinski definition) is 0. The van der Waals surface area contributed by atoms with Crippen molar-refractivity contribution in [3.8, 4) is 11.5 Å². The summed E-state index contributed by atoms with van der Waals surface area (Å²) in [6.07, 6.45) is 2.11. The maximum absolute atomic E-state index is 6.11. The lowest BCUT2D eigenvalue weighted by atomic mass is 10.0. The molecule has 1 aliphatic heterocycles. The van der Waals surface area contributed by atoms with Gasteiger partial charge in [0.2, 0.25) is 0 Å². The number of halogens is 1. The zero-order chi connectivity index (χ0) is 17.6. The third-order valence-electron chi connectivity index (χ3n) is 3.95. The fraction of sp³-hybridized carbons (Fsp3) is 0.300. The van der Waals surface area contributed by atoms with Gasteiger partial charge >= 0.3 is 0 Å². The van der Waals surface area contributed by atoms with E-state index in [0.717, 1.165) is 21.2 Å². The Morgan fingerprint density at radius 3 is 2.56 bits per heavy atom. The van der Waals surface area contributed by atoms with E-state index in [-0.39, 0.29) is 0 Å². The van der Waals surface area contributed by atoms with Crippen molar-refractivity contribution in [2.45, 2.75) is 19.3 Å². The van der Waals surface area contributed by atoms with E-state index in [1.807, 2.05) is 42.5 Å². The summed E-state index contributed by atoms with van der Waals surface area (Å²) in [7, 11) is 1.63. The maximum Gasteiger partial charge on any atom is 0.185 e. The molecule has 0 spiro atoms. The van der Waals surface area contributed by atoms with Crippen LogP contribution in [0.4, 0.5) is 0 Å². The van der Waals surface area contributed by atoms with Crippen molar-refractivity contribution in [1.29, 1.82) is 0 Å². The molecule has 2 aromatic rings. The zero-order valence-corrected chi connectivity index (χ0v) is 15.8. The lowest BCUT2D eigenvalue weighted by molar-refractivity contribution is -0.0448. The quantitative estimate of drug-likeness (QED) is 0.620. The van der Waals surface area contributed by atoms with Crippen LogP contribution in [0.1, 0.15) is 23.0 Å². The van der Waals surface area contributed by atoms with Crippen LogP contribution in [-0.4, -0.2) is 20.3 Å². The highest BCUT2D eigenvalue weighted by Gasteiger charge is 2.26. The Morgan fingerprint density at radius 2 is 1.92 bits per heavy atom. The van der Waals surface area contributed by atoms with Crippen molar-refractivity contribution in [3.05, 3.63) is 70.2 Å². The number of methoxy groups -OCH3 is 1. The highest BCUT2D eigenvalue weighted by molar-refractivity contribution is 9.10. The summed E-state index contributed by atoms with van der Waals surface area (Å²) in [5, 5.41) is 0. The van der Waals surface area contributed by atoms with Crippen LogP contribution in [0.3, 0.4) is 0 Å². The molecule has 0 N–H and O–H groups in total. The standard InChI is InChI=1S/C20H21BrO4/c1-3-7-15-12-16(20-23-10-11-24-20)17(21)19(22-2)18(15)25-13-14-8-5-4-6-9-14/h3-6,8-9,12,20H,1,7,10-11,13H2,2H3. The predicted molar refractivity (Wildman–Crippen MR) is 100 cm³/mol. The van der Waals surface area contributed by atoms with Crippen LogP contribution in [-0.2, 0) is 22.5 Å². The molecule has 1 heterocycles. The number of allylic oxidation sites excluding steroid dienone is 1. The van der Waals surface area contributed by atoms with Crippen molar-refractivity contribution in [2.24, 2.45) is 0 Å². The number of hydrogen-bond acceptors (Lipinski definition) is 4. The summed E-state index contributed by atoms with van der Waals surface area (Å²) in [5.74, 6) is 1.35. The maximum atomic E-state index is 6.11. The minimum Gasteiger partial charge on any atom is -0.492 e. The Bertz CT molecular complexity index is 724. The number of rotatable bonds is 7. The van der Waals surface area contributed by atoms with E-state index in [1.54, 1.807) is 7.11 Å². The average molecular weight is 405 g/mol. The van der Waals surface area contributed by atoms with Gasteiger partial charge in [0.05, 0.1) is 24.8 Å². The lowest BCUT2D eigenvalue weighted by Gasteiger charge is -2.20. The Balaban J connectivity index is 1.96. The Morgan fingerprint density at radius 1 is 1.20 bits per heavy atom. The van der Waals surface area contributed by atoms with Gasteiger partial charge in [-0.15, -0.1) is 6.58 Å². The summed E-state index contributed by atoms with van der Waals surface area (Å²) in [4.78, 5) is 0. The van der Waals surface area contributed by atoms with Crippen molar-refractivity contribution in [2.75, 3.05) is 20.3 Å². The topological polar surface area (TPSA) is 36.9 Å². The molecule has 0 unspecified atom stereocenters. The second-order valence-corrected chi connectivity index (χ2v) is 6.43. The van der Waals surface area contributed by atoms with E-state index in [1.165, 1.54) is 0 Å². The fourth-order valence-electron chi connectivity index (χ4n) is 2.78. The molecule has 132 valence electrons. The zero-order valence-electron chi connectivity index (χ0n) is 14.2. The van der Waals surface area contributed by atoms with Gasteiger partial charge in [-0.2, -0.15) is 0 Å². The molecule has 0 atom stereocenters. The lowest BCUT2D eigenvalue weighted by Crippen LogP contribution is -2.06. The van der Waals surface area contributed by atoms with E-state index in [4.69, 9.17) is 18.9 Å². The second-order valence-electron chi connectivity index (χ2n) is 5.64. The molecule has 0 radical (unpaired) electrons. The van der Waals surface area contributed by atoms with Crippen LogP contribution in [0.25, 0.3) is 0 Å². The smallest absolute Gasteiger partial charge is 0.185 e. The number of ether oxygens (including phenoxy) is 4. The highest BCUT2D eigenvalue weighted by Crippen LogP contribution is 2.45. The molecule has 1 fully saturated rings. The minimum absolute atomic E-state index is 0.394. The van der Waals surface area contributed by atoms with Crippen LogP contribution >= 0.6 is 15.9 Å². The highest BCUT2D eigenvalue weighted by atomic mass is 79.9. The summed E-state index contributed by atoms with van der Waals surface area (Å²) < 4.78 is 23.8. The molecule has 0 aliphatic carbocycles. The average Bonchev–Trinajstić information content (AvgIpc) is 3.17. The van der Waals surface area contributed by atoms with Gasteiger partial charge in [0, 0.05) is 11.1 Å². The molecule has 1 aliphatic rings. The molecule has 0 saturated carbocycles. The predicted octanol–water partition coefficient (Wildman–Crippen LogP) is 4.81. The summed E-state index contributed by atoms with van der Waals surface area (Å²) in [6, 6.07) is 12.1. The first-order valence-corrected chi connectivity index (χ1v) is 8.94. The Hall–Kier alpha value is -1.82. The first-order chi connectivity index (χ1) is 12.2. The van der Waals surface area contributed by atoms with Crippen molar-refractivity contribution in [1.82, 2.24) is 0 Å². The monoisotopic (exact) mass is 404 g/mol. The SMILES string of the molecule is C=CCc1cc(C2OCCO2)c(Br)c(OC)c1OCc1ccccc1. The fourth-order valence-corrected chi connectivity index (χ4v) is 3.42. The van der Waals surface area contributed by atoms with Crippen molar-refractivity contribution >= 4 is 15.9 Å².